The Hall–Kier alpha value is -0.400. The third-order valence-electron chi connectivity index (χ3n) is 3.06. The second-order valence-corrected chi connectivity index (χ2v) is 7.12. The van der Waals surface area contributed by atoms with Crippen LogP contribution in [0.5, 0.6) is 0 Å². The molecule has 0 N–H and O–H groups in total. The van der Waals surface area contributed by atoms with Crippen molar-refractivity contribution >= 4 is 33.2 Å². The van der Waals surface area contributed by atoms with Crippen LogP contribution in [0, 0.1) is 5.92 Å². The van der Waals surface area contributed by atoms with Gasteiger partial charge in [0.2, 0.25) is 10.0 Å². The fourth-order valence-electron chi connectivity index (χ4n) is 2.08. The summed E-state index contributed by atoms with van der Waals surface area (Å²) >= 11 is 11.5. The van der Waals surface area contributed by atoms with Crippen molar-refractivity contribution < 1.29 is 13.2 Å². The first-order chi connectivity index (χ1) is 8.95. The number of ether oxygens (including phenoxy) is 1. The van der Waals surface area contributed by atoms with Crippen molar-refractivity contribution in [1.29, 1.82) is 0 Å². The molecule has 0 spiro atoms. The minimum atomic E-state index is -3.56. The van der Waals surface area contributed by atoms with Gasteiger partial charge in [-0.2, -0.15) is 4.31 Å². The SMILES string of the molecule is COCC1CCN(S(=O)(=O)c2cnc(Cl)c(Cl)c2)C1. The van der Waals surface area contributed by atoms with Crippen LogP contribution >= 0.6 is 23.2 Å². The van der Waals surface area contributed by atoms with Gasteiger partial charge in [-0.3, -0.25) is 0 Å². The number of rotatable bonds is 4. The maximum absolute atomic E-state index is 12.4. The average molecular weight is 325 g/mol. The number of hydrogen-bond acceptors (Lipinski definition) is 4. The normalized spacial score (nSPS) is 20.9. The summed E-state index contributed by atoms with van der Waals surface area (Å²) in [5.74, 6) is 0.232. The molecule has 0 bridgehead atoms. The minimum absolute atomic E-state index is 0.0694. The van der Waals surface area contributed by atoms with Crippen LogP contribution in [0.3, 0.4) is 0 Å². The van der Waals surface area contributed by atoms with Crippen molar-refractivity contribution in [3.8, 4) is 0 Å². The lowest BCUT2D eigenvalue weighted by Crippen LogP contribution is -2.29. The standard InChI is InChI=1S/C11H14Cl2N2O3S/c1-18-7-8-2-3-15(6-8)19(16,17)9-4-10(12)11(13)14-5-9/h4-5,8H,2-3,6-7H2,1H3. The molecule has 1 aromatic heterocycles. The molecule has 1 saturated heterocycles. The first-order valence-electron chi connectivity index (χ1n) is 5.75. The summed E-state index contributed by atoms with van der Waals surface area (Å²) in [6, 6.07) is 1.33. The van der Waals surface area contributed by atoms with Crippen molar-refractivity contribution in [3.63, 3.8) is 0 Å². The number of methoxy groups -OCH3 is 1. The highest BCUT2D eigenvalue weighted by molar-refractivity contribution is 7.89. The van der Waals surface area contributed by atoms with Crippen LogP contribution in [-0.4, -0.2) is 44.5 Å². The van der Waals surface area contributed by atoms with Crippen LogP contribution in [-0.2, 0) is 14.8 Å². The van der Waals surface area contributed by atoms with E-state index in [1.54, 1.807) is 7.11 Å². The molecule has 1 aromatic rings. The molecule has 0 saturated carbocycles. The Morgan fingerprint density at radius 1 is 1.53 bits per heavy atom. The fourth-order valence-corrected chi connectivity index (χ4v) is 3.92. The Morgan fingerprint density at radius 2 is 2.26 bits per heavy atom. The molecule has 1 aliphatic rings. The third-order valence-corrected chi connectivity index (χ3v) is 5.58. The number of hydrogen-bond donors (Lipinski definition) is 0. The summed E-state index contributed by atoms with van der Waals surface area (Å²) in [6.45, 7) is 1.50. The highest BCUT2D eigenvalue weighted by atomic mass is 35.5. The molecule has 2 heterocycles. The smallest absolute Gasteiger partial charge is 0.244 e. The first kappa shape index (κ1) is 15.0. The monoisotopic (exact) mass is 324 g/mol. The zero-order valence-corrected chi connectivity index (χ0v) is 12.7. The second kappa shape index (κ2) is 5.93. The Balaban J connectivity index is 2.21. The van der Waals surface area contributed by atoms with Gasteiger partial charge in [-0.05, 0) is 18.4 Å². The lowest BCUT2D eigenvalue weighted by molar-refractivity contribution is 0.157. The minimum Gasteiger partial charge on any atom is -0.384 e. The van der Waals surface area contributed by atoms with Gasteiger partial charge >= 0.3 is 0 Å². The number of nitrogens with zero attached hydrogens (tertiary/aromatic N) is 2. The van der Waals surface area contributed by atoms with Gasteiger partial charge in [0.1, 0.15) is 10.0 Å². The Labute approximate surface area is 122 Å². The van der Waals surface area contributed by atoms with Crippen molar-refractivity contribution in [2.45, 2.75) is 11.3 Å². The molecule has 0 aromatic carbocycles. The molecule has 5 nitrogen and oxygen atoms in total. The molecular formula is C11H14Cl2N2O3S. The molecule has 0 aliphatic carbocycles. The summed E-state index contributed by atoms with van der Waals surface area (Å²) in [7, 11) is -1.95. The van der Waals surface area contributed by atoms with Crippen LogP contribution < -0.4 is 0 Å². The van der Waals surface area contributed by atoms with Crippen molar-refractivity contribution in [2.24, 2.45) is 5.92 Å². The maximum atomic E-state index is 12.4. The molecule has 1 fully saturated rings. The fraction of sp³-hybridized carbons (Fsp3) is 0.545. The van der Waals surface area contributed by atoms with E-state index in [4.69, 9.17) is 27.9 Å². The highest BCUT2D eigenvalue weighted by Gasteiger charge is 2.32. The first-order valence-corrected chi connectivity index (χ1v) is 7.95. The molecule has 1 aliphatic heterocycles. The number of sulfonamides is 1. The molecule has 19 heavy (non-hydrogen) atoms. The summed E-state index contributed by atoms with van der Waals surface area (Å²) in [6.07, 6.45) is 2.02. The zero-order chi connectivity index (χ0) is 14.0. The van der Waals surface area contributed by atoms with Gasteiger partial charge in [0, 0.05) is 26.4 Å². The van der Waals surface area contributed by atoms with E-state index >= 15 is 0 Å². The molecule has 8 heteroatoms. The van der Waals surface area contributed by atoms with Crippen LogP contribution in [0.15, 0.2) is 17.2 Å². The average Bonchev–Trinajstić information content (AvgIpc) is 2.82. The van der Waals surface area contributed by atoms with Gasteiger partial charge in [-0.1, -0.05) is 23.2 Å². The van der Waals surface area contributed by atoms with Crippen molar-refractivity contribution in [3.05, 3.63) is 22.4 Å². The van der Waals surface area contributed by atoms with Gasteiger partial charge in [0.15, 0.2) is 0 Å². The van der Waals surface area contributed by atoms with Crippen molar-refractivity contribution in [2.75, 3.05) is 26.8 Å². The summed E-state index contributed by atoms with van der Waals surface area (Å²) in [4.78, 5) is 3.84. The van der Waals surface area contributed by atoms with Crippen LogP contribution in [0.25, 0.3) is 0 Å². The lowest BCUT2D eigenvalue weighted by atomic mass is 10.1. The number of halogens is 2. The second-order valence-electron chi connectivity index (χ2n) is 4.42. The maximum Gasteiger partial charge on any atom is 0.244 e. The van der Waals surface area contributed by atoms with Crippen LogP contribution in [0.4, 0.5) is 0 Å². The van der Waals surface area contributed by atoms with Crippen LogP contribution in [0.2, 0.25) is 10.2 Å². The Bertz CT molecular complexity index is 565. The molecule has 2 rings (SSSR count). The molecule has 106 valence electrons. The van der Waals surface area contributed by atoms with Crippen LogP contribution in [0.1, 0.15) is 6.42 Å². The topological polar surface area (TPSA) is 59.5 Å². The van der Waals surface area contributed by atoms with Crippen molar-refractivity contribution in [1.82, 2.24) is 9.29 Å². The van der Waals surface area contributed by atoms with Gasteiger partial charge in [0.05, 0.1) is 11.6 Å². The Morgan fingerprint density at radius 3 is 2.89 bits per heavy atom. The molecular weight excluding hydrogens is 311 g/mol. The van der Waals surface area contributed by atoms with E-state index in [1.807, 2.05) is 0 Å². The van der Waals surface area contributed by atoms with E-state index in [0.717, 1.165) is 6.42 Å². The predicted molar refractivity (Wildman–Crippen MR) is 73.0 cm³/mol. The molecule has 1 unspecified atom stereocenters. The van der Waals surface area contributed by atoms with Gasteiger partial charge < -0.3 is 4.74 Å². The third kappa shape index (κ3) is 3.20. The largest absolute Gasteiger partial charge is 0.384 e. The van der Waals surface area contributed by atoms with Gasteiger partial charge in [0.25, 0.3) is 0 Å². The van der Waals surface area contributed by atoms with E-state index in [1.165, 1.54) is 16.6 Å². The lowest BCUT2D eigenvalue weighted by Gasteiger charge is -2.16. The highest BCUT2D eigenvalue weighted by Crippen LogP contribution is 2.27. The molecule has 0 amide bonds. The van der Waals surface area contributed by atoms with E-state index < -0.39 is 10.0 Å². The van der Waals surface area contributed by atoms with E-state index in [0.29, 0.717) is 19.7 Å². The molecule has 0 radical (unpaired) electrons. The zero-order valence-electron chi connectivity index (χ0n) is 10.3. The predicted octanol–water partition coefficient (Wildman–Crippen LogP) is 2.05. The quantitative estimate of drug-likeness (QED) is 0.795. The summed E-state index contributed by atoms with van der Waals surface area (Å²) in [5.41, 5.74) is 0. The van der Waals surface area contributed by atoms with Gasteiger partial charge in [-0.25, -0.2) is 13.4 Å². The van der Waals surface area contributed by atoms with E-state index in [-0.39, 0.29) is 21.0 Å². The number of aromatic nitrogens is 1. The van der Waals surface area contributed by atoms with E-state index in [2.05, 4.69) is 4.98 Å². The number of pyridine rings is 1. The van der Waals surface area contributed by atoms with E-state index in [9.17, 15) is 8.42 Å². The summed E-state index contributed by atoms with van der Waals surface area (Å²) in [5, 5.41) is 0.231. The Kier molecular flexibility index (Phi) is 4.68. The summed E-state index contributed by atoms with van der Waals surface area (Å²) < 4.78 is 31.3. The molecule has 1 atom stereocenters. The van der Waals surface area contributed by atoms with Gasteiger partial charge in [-0.15, -0.1) is 0 Å².